The van der Waals surface area contributed by atoms with Crippen LogP contribution in [0.5, 0.6) is 0 Å². The van der Waals surface area contributed by atoms with Gasteiger partial charge in [-0.25, -0.2) is 0 Å². The number of hydrogen-bond donors (Lipinski definition) is 1. The molecule has 2 nitrogen and oxygen atoms in total. The van der Waals surface area contributed by atoms with Gasteiger partial charge >= 0.3 is 0 Å². The lowest BCUT2D eigenvalue weighted by Gasteiger charge is -2.54. The second kappa shape index (κ2) is 4.00. The fourth-order valence-corrected chi connectivity index (χ4v) is 5.26. The van der Waals surface area contributed by atoms with E-state index < -0.39 is 11.0 Å². The number of hydrogen-bond acceptors (Lipinski definition) is 2. The van der Waals surface area contributed by atoms with Crippen LogP contribution in [0.1, 0.15) is 40.0 Å². The highest BCUT2D eigenvalue weighted by Crippen LogP contribution is 2.68. The van der Waals surface area contributed by atoms with E-state index in [-0.39, 0.29) is 21.9 Å². The van der Waals surface area contributed by atoms with E-state index in [1.165, 1.54) is 0 Å². The van der Waals surface area contributed by atoms with Crippen LogP contribution in [0.25, 0.3) is 0 Å². The van der Waals surface area contributed by atoms with Crippen molar-refractivity contribution in [1.29, 1.82) is 0 Å². The van der Waals surface area contributed by atoms with Crippen LogP contribution in [0.4, 0.5) is 0 Å². The second-order valence-electron chi connectivity index (χ2n) is 7.02. The third kappa shape index (κ3) is 1.68. The summed E-state index contributed by atoms with van der Waals surface area (Å²) in [4.78, 5) is -0.249. The Kier molecular flexibility index (Phi) is 3.02. The zero-order valence-corrected chi connectivity index (χ0v) is 14.1. The van der Waals surface area contributed by atoms with Gasteiger partial charge in [-0.3, -0.25) is 0 Å². The van der Waals surface area contributed by atoms with Crippen molar-refractivity contribution in [2.24, 2.45) is 11.3 Å². The Morgan fingerprint density at radius 3 is 2.68 bits per heavy atom. The van der Waals surface area contributed by atoms with Crippen LogP contribution < -0.4 is 0 Å². The first kappa shape index (κ1) is 14.4. The van der Waals surface area contributed by atoms with Gasteiger partial charge in [0.2, 0.25) is 0 Å². The first-order valence-electron chi connectivity index (χ1n) is 7.03. The van der Waals surface area contributed by atoms with Crippen molar-refractivity contribution in [3.05, 3.63) is 12.2 Å². The van der Waals surface area contributed by atoms with Crippen molar-refractivity contribution in [2.45, 2.75) is 67.5 Å². The highest BCUT2D eigenvalue weighted by atomic mass is 79.9. The maximum Gasteiger partial charge on any atom is 0.104 e. The molecule has 1 heterocycles. The molecule has 1 spiro atoms. The van der Waals surface area contributed by atoms with Crippen LogP contribution in [0.15, 0.2) is 12.2 Å². The van der Waals surface area contributed by atoms with Gasteiger partial charge in [-0.1, -0.05) is 35.0 Å². The van der Waals surface area contributed by atoms with E-state index in [2.05, 4.69) is 36.4 Å². The van der Waals surface area contributed by atoms with Crippen molar-refractivity contribution in [3.63, 3.8) is 0 Å². The average molecular weight is 350 g/mol. The smallest absolute Gasteiger partial charge is 0.104 e. The van der Waals surface area contributed by atoms with Gasteiger partial charge in [-0.15, -0.1) is 11.6 Å². The molecule has 1 saturated heterocycles. The third-order valence-electron chi connectivity index (χ3n) is 5.88. The Bertz CT molecular complexity index is 438. The molecule has 4 heteroatoms. The molecule has 0 aromatic carbocycles. The Hall–Kier alpha value is 0.430. The summed E-state index contributed by atoms with van der Waals surface area (Å²) in [5, 5.41) is 10.8. The van der Waals surface area contributed by atoms with Gasteiger partial charge in [0.05, 0.1) is 17.1 Å². The molecule has 0 radical (unpaired) electrons. The van der Waals surface area contributed by atoms with Crippen LogP contribution in [-0.4, -0.2) is 32.6 Å². The molecule has 7 unspecified atom stereocenters. The van der Waals surface area contributed by atoms with E-state index in [0.29, 0.717) is 12.3 Å². The van der Waals surface area contributed by atoms with E-state index >= 15 is 0 Å². The van der Waals surface area contributed by atoms with Crippen molar-refractivity contribution >= 4 is 27.5 Å². The van der Waals surface area contributed by atoms with Gasteiger partial charge in [-0.05, 0) is 39.0 Å². The van der Waals surface area contributed by atoms with Crippen LogP contribution in [0, 0.1) is 11.3 Å². The molecule has 1 aliphatic heterocycles. The fraction of sp³-hybridized carbons (Fsp3) is 0.867. The van der Waals surface area contributed by atoms with Gasteiger partial charge in [0.15, 0.2) is 0 Å². The second-order valence-corrected chi connectivity index (χ2v) is 8.99. The van der Waals surface area contributed by atoms with Gasteiger partial charge in [-0.2, -0.15) is 0 Å². The number of epoxide rings is 1. The first-order valence-corrected chi connectivity index (χ1v) is 8.32. The number of aliphatic hydroxyl groups is 1. The molecule has 0 aromatic rings. The molecule has 0 aromatic heterocycles. The van der Waals surface area contributed by atoms with Crippen molar-refractivity contribution < 1.29 is 9.84 Å². The van der Waals surface area contributed by atoms with Crippen LogP contribution in [0.2, 0.25) is 0 Å². The molecule has 19 heavy (non-hydrogen) atoms. The summed E-state index contributed by atoms with van der Waals surface area (Å²) < 4.78 is 6.00. The number of aliphatic hydroxyl groups excluding tert-OH is 1. The lowest BCUT2D eigenvalue weighted by molar-refractivity contribution is -0.0487. The molecular formula is C15H22BrClO2. The van der Waals surface area contributed by atoms with E-state index in [1.54, 1.807) is 0 Å². The molecule has 7 atom stereocenters. The third-order valence-corrected chi connectivity index (χ3v) is 7.90. The van der Waals surface area contributed by atoms with E-state index in [1.807, 2.05) is 6.92 Å². The van der Waals surface area contributed by atoms with E-state index in [4.69, 9.17) is 16.3 Å². The number of alkyl halides is 2. The molecule has 3 aliphatic rings. The Morgan fingerprint density at radius 1 is 1.42 bits per heavy atom. The molecule has 1 N–H and O–H groups in total. The highest BCUT2D eigenvalue weighted by Gasteiger charge is 2.74. The van der Waals surface area contributed by atoms with E-state index in [9.17, 15) is 5.11 Å². The maximum atomic E-state index is 10.8. The Morgan fingerprint density at radius 2 is 2.05 bits per heavy atom. The van der Waals surface area contributed by atoms with Crippen LogP contribution >= 0.6 is 27.5 Å². The van der Waals surface area contributed by atoms with Crippen LogP contribution in [0.3, 0.4) is 0 Å². The molecular weight excluding hydrogens is 328 g/mol. The first-order chi connectivity index (χ1) is 8.65. The summed E-state index contributed by atoms with van der Waals surface area (Å²) in [6.07, 6.45) is 2.18. The fourth-order valence-electron chi connectivity index (χ4n) is 4.34. The monoisotopic (exact) mass is 348 g/mol. The zero-order chi connectivity index (χ0) is 14.2. The predicted molar refractivity (Wildman–Crippen MR) is 80.8 cm³/mol. The van der Waals surface area contributed by atoms with Gasteiger partial charge < -0.3 is 9.84 Å². The quantitative estimate of drug-likeness (QED) is 0.411. The standard InChI is InChI=1S/C15H22BrClO2/c1-8-5-12-14(4,19-12)15(9(8)2)6-10(16)13(3,17)7-11(15)18/h8,10-12,18H,2,5-7H2,1,3-4H3. The zero-order valence-electron chi connectivity index (χ0n) is 11.7. The summed E-state index contributed by atoms with van der Waals surface area (Å²) in [6.45, 7) is 10.6. The summed E-state index contributed by atoms with van der Waals surface area (Å²) >= 11 is 10.3. The normalized spacial score (nSPS) is 61.1. The molecule has 2 saturated carbocycles. The van der Waals surface area contributed by atoms with Gasteiger partial charge in [0.1, 0.15) is 5.60 Å². The largest absolute Gasteiger partial charge is 0.392 e. The molecule has 3 fully saturated rings. The summed E-state index contributed by atoms with van der Waals surface area (Å²) in [7, 11) is 0. The Labute approximate surface area is 128 Å². The molecule has 3 rings (SSSR count). The van der Waals surface area contributed by atoms with Gasteiger partial charge in [0, 0.05) is 10.2 Å². The number of rotatable bonds is 0. The van der Waals surface area contributed by atoms with Crippen molar-refractivity contribution in [3.8, 4) is 0 Å². The molecule has 0 amide bonds. The summed E-state index contributed by atoms with van der Waals surface area (Å²) in [6, 6.07) is 0. The molecule has 2 aliphatic carbocycles. The lowest BCUT2D eigenvalue weighted by Crippen LogP contribution is -2.60. The van der Waals surface area contributed by atoms with Crippen molar-refractivity contribution in [2.75, 3.05) is 0 Å². The minimum atomic E-state index is -0.478. The number of halogens is 2. The minimum Gasteiger partial charge on any atom is -0.392 e. The summed E-state index contributed by atoms with van der Waals surface area (Å²) in [5.74, 6) is 0.398. The number of ether oxygens (including phenoxy) is 1. The topological polar surface area (TPSA) is 32.8 Å². The average Bonchev–Trinajstić information content (AvgIpc) is 2.94. The van der Waals surface area contributed by atoms with Crippen molar-refractivity contribution in [1.82, 2.24) is 0 Å². The van der Waals surface area contributed by atoms with E-state index in [0.717, 1.165) is 18.4 Å². The predicted octanol–water partition coefficient (Wildman–Crippen LogP) is 3.64. The SMILES string of the molecule is C=C1C(C)CC2OC2(C)C12CC(Br)C(C)(Cl)CC2O. The lowest BCUT2D eigenvalue weighted by atomic mass is 9.52. The molecule has 0 bridgehead atoms. The number of fused-ring (bicyclic) bond motifs is 2. The van der Waals surface area contributed by atoms with Crippen LogP contribution in [-0.2, 0) is 4.74 Å². The Balaban J connectivity index is 2.04. The summed E-state index contributed by atoms with van der Waals surface area (Å²) in [5.41, 5.74) is 0.542. The maximum absolute atomic E-state index is 10.8. The molecule has 108 valence electrons. The van der Waals surface area contributed by atoms with Gasteiger partial charge in [0.25, 0.3) is 0 Å². The minimum absolute atomic E-state index is 0.161. The highest BCUT2D eigenvalue weighted by molar-refractivity contribution is 9.09.